The molecule has 1 unspecified atom stereocenters. The second kappa shape index (κ2) is 6.84. The Morgan fingerprint density at radius 2 is 1.82 bits per heavy atom. The van der Waals surface area contributed by atoms with Gasteiger partial charge in [-0.3, -0.25) is 9.59 Å². The van der Waals surface area contributed by atoms with E-state index in [0.717, 1.165) is 5.56 Å². The topological polar surface area (TPSA) is 43.4 Å². The molecule has 0 aliphatic heterocycles. The van der Waals surface area contributed by atoms with Crippen molar-refractivity contribution in [3.63, 3.8) is 0 Å². The maximum atomic E-state index is 11.7. The maximum Gasteiger partial charge on any atom is 0.316 e. The molecule has 3 heteroatoms. The van der Waals surface area contributed by atoms with Gasteiger partial charge in [-0.1, -0.05) is 44.2 Å². The Morgan fingerprint density at radius 3 is 2.35 bits per heavy atom. The Bertz CT molecular complexity index is 370. The first kappa shape index (κ1) is 13.4. The molecule has 1 aromatic rings. The Balaban J connectivity index is 2.51. The van der Waals surface area contributed by atoms with Crippen LogP contribution in [0.15, 0.2) is 30.3 Å². The molecule has 0 amide bonds. The number of carbonyl (C=O) groups excluding carboxylic acids is 2. The van der Waals surface area contributed by atoms with E-state index in [0.29, 0.717) is 12.8 Å². The summed E-state index contributed by atoms with van der Waals surface area (Å²) in [6, 6.07) is 9.45. The van der Waals surface area contributed by atoms with E-state index >= 15 is 0 Å². The SMILES string of the molecule is CCC(=O)C(CC)C(=O)OCc1ccccc1. The van der Waals surface area contributed by atoms with Gasteiger partial charge in [0.05, 0.1) is 0 Å². The molecular formula is C14H18O3. The largest absolute Gasteiger partial charge is 0.460 e. The third-order valence-electron chi connectivity index (χ3n) is 2.65. The smallest absolute Gasteiger partial charge is 0.316 e. The monoisotopic (exact) mass is 234 g/mol. The molecule has 1 aromatic carbocycles. The van der Waals surface area contributed by atoms with Crippen molar-refractivity contribution in [2.45, 2.75) is 33.3 Å². The minimum absolute atomic E-state index is 0.0504. The van der Waals surface area contributed by atoms with Crippen LogP contribution in [-0.2, 0) is 20.9 Å². The molecule has 0 N–H and O–H groups in total. The van der Waals surface area contributed by atoms with Gasteiger partial charge < -0.3 is 4.74 Å². The van der Waals surface area contributed by atoms with Gasteiger partial charge >= 0.3 is 5.97 Å². The fourth-order valence-electron chi connectivity index (χ4n) is 1.60. The number of ether oxygens (including phenoxy) is 1. The lowest BCUT2D eigenvalue weighted by molar-refractivity contribution is -0.153. The second-order valence-electron chi connectivity index (χ2n) is 3.87. The summed E-state index contributed by atoms with van der Waals surface area (Å²) in [6.45, 7) is 3.81. The molecule has 0 aliphatic carbocycles. The average Bonchev–Trinajstić information content (AvgIpc) is 2.38. The molecule has 0 saturated carbocycles. The molecule has 0 heterocycles. The Morgan fingerprint density at radius 1 is 1.18 bits per heavy atom. The highest BCUT2D eigenvalue weighted by Crippen LogP contribution is 2.11. The number of Topliss-reactive ketones (excluding diaryl/α,β-unsaturated/α-hetero) is 1. The van der Waals surface area contributed by atoms with E-state index in [1.807, 2.05) is 37.3 Å². The number of ketones is 1. The summed E-state index contributed by atoms with van der Waals surface area (Å²) in [4.78, 5) is 23.2. The molecule has 17 heavy (non-hydrogen) atoms. The van der Waals surface area contributed by atoms with Crippen molar-refractivity contribution >= 4 is 11.8 Å². The van der Waals surface area contributed by atoms with E-state index < -0.39 is 11.9 Å². The molecule has 0 spiro atoms. The van der Waals surface area contributed by atoms with E-state index in [1.165, 1.54) is 0 Å². The fraction of sp³-hybridized carbons (Fsp3) is 0.429. The number of carbonyl (C=O) groups is 2. The van der Waals surface area contributed by atoms with Gasteiger partial charge in [-0.25, -0.2) is 0 Å². The molecule has 0 aliphatic rings. The van der Waals surface area contributed by atoms with Crippen LogP contribution in [0.1, 0.15) is 32.3 Å². The molecule has 0 fully saturated rings. The highest BCUT2D eigenvalue weighted by Gasteiger charge is 2.24. The molecule has 0 radical (unpaired) electrons. The van der Waals surface area contributed by atoms with Crippen LogP contribution in [0.4, 0.5) is 0 Å². The third kappa shape index (κ3) is 4.02. The number of benzene rings is 1. The standard InChI is InChI=1S/C14H18O3/c1-3-12(13(15)4-2)14(16)17-10-11-8-6-5-7-9-11/h5-9,12H,3-4,10H2,1-2H3. The zero-order chi connectivity index (χ0) is 12.7. The van der Waals surface area contributed by atoms with Crippen molar-refractivity contribution in [3.8, 4) is 0 Å². The first-order chi connectivity index (χ1) is 8.19. The molecule has 0 saturated heterocycles. The van der Waals surface area contributed by atoms with Crippen molar-refractivity contribution in [1.82, 2.24) is 0 Å². The lowest BCUT2D eigenvalue weighted by Gasteiger charge is -2.12. The van der Waals surface area contributed by atoms with Crippen LogP contribution in [0.2, 0.25) is 0 Å². The van der Waals surface area contributed by atoms with Gasteiger partial charge in [0, 0.05) is 6.42 Å². The summed E-state index contributed by atoms with van der Waals surface area (Å²) in [5.74, 6) is -1.07. The van der Waals surface area contributed by atoms with Crippen LogP contribution in [0.25, 0.3) is 0 Å². The Kier molecular flexibility index (Phi) is 5.40. The quantitative estimate of drug-likeness (QED) is 0.561. The number of hydrogen-bond acceptors (Lipinski definition) is 3. The van der Waals surface area contributed by atoms with Crippen LogP contribution in [0.3, 0.4) is 0 Å². The molecule has 1 atom stereocenters. The average molecular weight is 234 g/mol. The normalized spacial score (nSPS) is 11.9. The van der Waals surface area contributed by atoms with Crippen LogP contribution in [-0.4, -0.2) is 11.8 Å². The van der Waals surface area contributed by atoms with Crippen molar-refractivity contribution in [3.05, 3.63) is 35.9 Å². The first-order valence-electron chi connectivity index (χ1n) is 5.92. The summed E-state index contributed by atoms with van der Waals surface area (Å²) < 4.78 is 5.14. The summed E-state index contributed by atoms with van der Waals surface area (Å²) >= 11 is 0. The lowest BCUT2D eigenvalue weighted by atomic mass is 10.00. The van der Waals surface area contributed by atoms with Crippen molar-refractivity contribution < 1.29 is 14.3 Å². The van der Waals surface area contributed by atoms with E-state index in [-0.39, 0.29) is 12.4 Å². The maximum absolute atomic E-state index is 11.7. The van der Waals surface area contributed by atoms with Crippen molar-refractivity contribution in [2.24, 2.45) is 5.92 Å². The summed E-state index contributed by atoms with van der Waals surface area (Å²) in [6.07, 6.45) is 0.874. The second-order valence-corrected chi connectivity index (χ2v) is 3.87. The van der Waals surface area contributed by atoms with Crippen LogP contribution < -0.4 is 0 Å². The molecular weight excluding hydrogens is 216 g/mol. The highest BCUT2D eigenvalue weighted by atomic mass is 16.5. The van der Waals surface area contributed by atoms with Crippen molar-refractivity contribution in [2.75, 3.05) is 0 Å². The van der Waals surface area contributed by atoms with Crippen LogP contribution in [0, 0.1) is 5.92 Å². The van der Waals surface area contributed by atoms with E-state index in [9.17, 15) is 9.59 Å². The summed E-state index contributed by atoms with van der Waals surface area (Å²) in [5.41, 5.74) is 0.930. The van der Waals surface area contributed by atoms with E-state index in [4.69, 9.17) is 4.74 Å². The molecule has 3 nitrogen and oxygen atoms in total. The summed E-state index contributed by atoms with van der Waals surface area (Å²) in [7, 11) is 0. The minimum Gasteiger partial charge on any atom is -0.460 e. The number of hydrogen-bond donors (Lipinski definition) is 0. The van der Waals surface area contributed by atoms with E-state index in [1.54, 1.807) is 6.92 Å². The fourth-order valence-corrected chi connectivity index (χ4v) is 1.60. The molecule has 0 bridgehead atoms. The first-order valence-corrected chi connectivity index (χ1v) is 5.92. The molecule has 92 valence electrons. The van der Waals surface area contributed by atoms with Gasteiger partial charge in [0.2, 0.25) is 0 Å². The van der Waals surface area contributed by atoms with Crippen LogP contribution in [0.5, 0.6) is 0 Å². The lowest BCUT2D eigenvalue weighted by Crippen LogP contribution is -2.24. The van der Waals surface area contributed by atoms with Gasteiger partial charge in [0.15, 0.2) is 0 Å². The number of rotatable bonds is 6. The van der Waals surface area contributed by atoms with Crippen LogP contribution >= 0.6 is 0 Å². The predicted molar refractivity (Wildman–Crippen MR) is 65.3 cm³/mol. The van der Waals surface area contributed by atoms with Gasteiger partial charge in [-0.15, -0.1) is 0 Å². The summed E-state index contributed by atoms with van der Waals surface area (Å²) in [5, 5.41) is 0. The highest BCUT2D eigenvalue weighted by molar-refractivity contribution is 5.98. The van der Waals surface area contributed by atoms with Gasteiger partial charge in [0.25, 0.3) is 0 Å². The predicted octanol–water partition coefficient (Wildman–Crippen LogP) is 2.74. The molecule has 1 rings (SSSR count). The zero-order valence-electron chi connectivity index (χ0n) is 10.3. The van der Waals surface area contributed by atoms with Gasteiger partial charge in [0.1, 0.15) is 18.3 Å². The molecule has 0 aromatic heterocycles. The van der Waals surface area contributed by atoms with Gasteiger partial charge in [-0.2, -0.15) is 0 Å². The van der Waals surface area contributed by atoms with E-state index in [2.05, 4.69) is 0 Å². The minimum atomic E-state index is -0.608. The zero-order valence-corrected chi connectivity index (χ0v) is 10.3. The Hall–Kier alpha value is -1.64. The van der Waals surface area contributed by atoms with Gasteiger partial charge in [-0.05, 0) is 12.0 Å². The van der Waals surface area contributed by atoms with Crippen molar-refractivity contribution in [1.29, 1.82) is 0 Å². The Labute approximate surface area is 102 Å². The number of esters is 1. The third-order valence-corrected chi connectivity index (χ3v) is 2.65.